The van der Waals surface area contributed by atoms with Gasteiger partial charge in [-0.25, -0.2) is 4.68 Å². The van der Waals surface area contributed by atoms with Gasteiger partial charge in [-0.2, -0.15) is 5.10 Å². The summed E-state index contributed by atoms with van der Waals surface area (Å²) in [5, 5.41) is 8.20. The van der Waals surface area contributed by atoms with Gasteiger partial charge >= 0.3 is 0 Å². The molecule has 4 heteroatoms. The fraction of sp³-hybridized carbons (Fsp3) is 0.812. The van der Waals surface area contributed by atoms with E-state index in [0.717, 1.165) is 36.5 Å². The maximum atomic E-state index is 5.64. The van der Waals surface area contributed by atoms with Gasteiger partial charge in [0.05, 0.1) is 12.8 Å². The SMILES string of the molecule is COc1c(C2CCNCC2C2CCCC2)c(C)nn1C. The Morgan fingerprint density at radius 1 is 1.25 bits per heavy atom. The van der Waals surface area contributed by atoms with Crippen LogP contribution in [0, 0.1) is 18.8 Å². The summed E-state index contributed by atoms with van der Waals surface area (Å²) >= 11 is 0. The third-order valence-corrected chi connectivity index (χ3v) is 5.31. The summed E-state index contributed by atoms with van der Waals surface area (Å²) in [5.41, 5.74) is 2.52. The van der Waals surface area contributed by atoms with E-state index in [1.807, 2.05) is 11.7 Å². The van der Waals surface area contributed by atoms with Crippen molar-refractivity contribution < 1.29 is 4.74 Å². The molecule has 0 bridgehead atoms. The molecule has 1 aromatic rings. The molecule has 1 aliphatic heterocycles. The summed E-state index contributed by atoms with van der Waals surface area (Å²) in [5.74, 6) is 3.22. The topological polar surface area (TPSA) is 39.1 Å². The monoisotopic (exact) mass is 277 g/mol. The van der Waals surface area contributed by atoms with Crippen molar-refractivity contribution in [2.24, 2.45) is 18.9 Å². The first-order chi connectivity index (χ1) is 9.72. The van der Waals surface area contributed by atoms with Crippen LogP contribution in [-0.2, 0) is 7.05 Å². The molecule has 2 heterocycles. The Labute approximate surface area is 121 Å². The van der Waals surface area contributed by atoms with Crippen LogP contribution in [-0.4, -0.2) is 30.0 Å². The van der Waals surface area contributed by atoms with Crippen molar-refractivity contribution in [1.29, 1.82) is 0 Å². The molecular weight excluding hydrogens is 250 g/mol. The van der Waals surface area contributed by atoms with Crippen LogP contribution < -0.4 is 10.1 Å². The number of methoxy groups -OCH3 is 1. The first-order valence-corrected chi connectivity index (χ1v) is 8.00. The first-order valence-electron chi connectivity index (χ1n) is 8.00. The van der Waals surface area contributed by atoms with E-state index >= 15 is 0 Å². The predicted octanol–water partition coefficient (Wildman–Crippen LogP) is 2.62. The van der Waals surface area contributed by atoms with Gasteiger partial charge in [0.25, 0.3) is 0 Å². The minimum atomic E-state index is 0.614. The number of ether oxygens (including phenoxy) is 1. The average molecular weight is 277 g/mol. The van der Waals surface area contributed by atoms with Gasteiger partial charge in [0.2, 0.25) is 5.88 Å². The zero-order valence-electron chi connectivity index (χ0n) is 13.0. The minimum absolute atomic E-state index is 0.614. The lowest BCUT2D eigenvalue weighted by molar-refractivity contribution is 0.226. The highest BCUT2D eigenvalue weighted by atomic mass is 16.5. The van der Waals surface area contributed by atoms with E-state index in [-0.39, 0.29) is 0 Å². The quantitative estimate of drug-likeness (QED) is 0.923. The highest BCUT2D eigenvalue weighted by molar-refractivity contribution is 5.36. The average Bonchev–Trinajstić information content (AvgIpc) is 3.06. The second-order valence-electron chi connectivity index (χ2n) is 6.44. The van der Waals surface area contributed by atoms with Gasteiger partial charge in [-0.15, -0.1) is 0 Å². The highest BCUT2D eigenvalue weighted by Crippen LogP contribution is 2.45. The van der Waals surface area contributed by atoms with E-state index in [9.17, 15) is 0 Å². The van der Waals surface area contributed by atoms with Crippen molar-refractivity contribution in [1.82, 2.24) is 15.1 Å². The Balaban J connectivity index is 1.93. The molecular formula is C16H27N3O. The largest absolute Gasteiger partial charge is 0.481 e. The standard InChI is InChI=1S/C16H27N3O/c1-11-15(16(20-3)19(2)18-11)13-8-9-17-10-14(13)12-6-4-5-7-12/h12-14,17H,4-10H2,1-3H3. The molecule has 20 heavy (non-hydrogen) atoms. The molecule has 112 valence electrons. The Bertz CT molecular complexity index is 463. The minimum Gasteiger partial charge on any atom is -0.481 e. The van der Waals surface area contributed by atoms with E-state index in [4.69, 9.17) is 4.74 Å². The molecule has 2 atom stereocenters. The Morgan fingerprint density at radius 3 is 2.70 bits per heavy atom. The van der Waals surface area contributed by atoms with Gasteiger partial charge in [-0.05, 0) is 44.2 Å². The van der Waals surface area contributed by atoms with Gasteiger partial charge < -0.3 is 10.1 Å². The summed E-state index contributed by atoms with van der Waals surface area (Å²) < 4.78 is 7.54. The second kappa shape index (κ2) is 5.76. The number of aromatic nitrogens is 2. The van der Waals surface area contributed by atoms with Gasteiger partial charge in [-0.1, -0.05) is 25.7 Å². The van der Waals surface area contributed by atoms with Crippen LogP contribution in [0.25, 0.3) is 0 Å². The van der Waals surface area contributed by atoms with Crippen LogP contribution in [0.15, 0.2) is 0 Å². The van der Waals surface area contributed by atoms with E-state index in [1.54, 1.807) is 7.11 Å². The molecule has 1 saturated heterocycles. The number of nitrogens with zero attached hydrogens (tertiary/aromatic N) is 2. The zero-order chi connectivity index (χ0) is 14.1. The molecule has 3 rings (SSSR count). The molecule has 2 unspecified atom stereocenters. The van der Waals surface area contributed by atoms with Gasteiger partial charge in [-0.3, -0.25) is 0 Å². The van der Waals surface area contributed by atoms with Crippen LogP contribution in [0.2, 0.25) is 0 Å². The fourth-order valence-electron chi connectivity index (χ4n) is 4.44. The van der Waals surface area contributed by atoms with Crippen molar-refractivity contribution in [3.63, 3.8) is 0 Å². The third kappa shape index (κ3) is 2.34. The third-order valence-electron chi connectivity index (χ3n) is 5.31. The molecule has 0 spiro atoms. The maximum absolute atomic E-state index is 5.64. The van der Waals surface area contributed by atoms with Crippen molar-refractivity contribution in [3.05, 3.63) is 11.3 Å². The van der Waals surface area contributed by atoms with Crippen LogP contribution in [0.3, 0.4) is 0 Å². The van der Waals surface area contributed by atoms with Crippen LogP contribution in [0.4, 0.5) is 0 Å². The fourth-order valence-corrected chi connectivity index (χ4v) is 4.44. The zero-order valence-corrected chi connectivity index (χ0v) is 13.0. The lowest BCUT2D eigenvalue weighted by Crippen LogP contribution is -2.39. The predicted molar refractivity (Wildman–Crippen MR) is 80.2 cm³/mol. The Kier molecular flexibility index (Phi) is 4.01. The van der Waals surface area contributed by atoms with E-state index < -0.39 is 0 Å². The molecule has 1 saturated carbocycles. The van der Waals surface area contributed by atoms with Crippen molar-refractivity contribution in [2.45, 2.75) is 44.9 Å². The van der Waals surface area contributed by atoms with Crippen LogP contribution >= 0.6 is 0 Å². The second-order valence-corrected chi connectivity index (χ2v) is 6.44. The number of nitrogens with one attached hydrogen (secondary N) is 1. The summed E-state index contributed by atoms with van der Waals surface area (Å²) in [6, 6.07) is 0. The molecule has 1 N–H and O–H groups in total. The van der Waals surface area contributed by atoms with Crippen LogP contribution in [0.5, 0.6) is 5.88 Å². The summed E-state index contributed by atoms with van der Waals surface area (Å²) in [4.78, 5) is 0. The molecule has 0 aromatic carbocycles. The molecule has 4 nitrogen and oxygen atoms in total. The van der Waals surface area contributed by atoms with E-state index in [2.05, 4.69) is 17.3 Å². The van der Waals surface area contributed by atoms with Gasteiger partial charge in [0.1, 0.15) is 0 Å². The smallest absolute Gasteiger partial charge is 0.215 e. The highest BCUT2D eigenvalue weighted by Gasteiger charge is 2.37. The molecule has 0 radical (unpaired) electrons. The summed E-state index contributed by atoms with van der Waals surface area (Å²) in [7, 11) is 3.76. The van der Waals surface area contributed by atoms with Gasteiger partial charge in [0.15, 0.2) is 0 Å². The van der Waals surface area contributed by atoms with Crippen molar-refractivity contribution in [2.75, 3.05) is 20.2 Å². The van der Waals surface area contributed by atoms with Crippen molar-refractivity contribution in [3.8, 4) is 5.88 Å². The number of hydrogen-bond donors (Lipinski definition) is 1. The molecule has 2 aliphatic rings. The lowest BCUT2D eigenvalue weighted by atomic mass is 9.73. The van der Waals surface area contributed by atoms with Gasteiger partial charge in [0, 0.05) is 12.6 Å². The normalized spacial score (nSPS) is 27.9. The molecule has 1 aromatic heterocycles. The molecule has 2 fully saturated rings. The number of hydrogen-bond acceptors (Lipinski definition) is 3. The summed E-state index contributed by atoms with van der Waals surface area (Å²) in [6.45, 7) is 4.41. The van der Waals surface area contributed by atoms with E-state index in [1.165, 1.54) is 37.7 Å². The van der Waals surface area contributed by atoms with E-state index in [0.29, 0.717) is 5.92 Å². The lowest BCUT2D eigenvalue weighted by Gasteiger charge is -2.36. The number of aryl methyl sites for hydroxylation is 2. The number of piperidine rings is 1. The summed E-state index contributed by atoms with van der Waals surface area (Å²) in [6.07, 6.45) is 6.85. The molecule has 1 aliphatic carbocycles. The first kappa shape index (κ1) is 13.9. The van der Waals surface area contributed by atoms with Crippen LogP contribution in [0.1, 0.15) is 49.3 Å². The molecule has 0 amide bonds. The Hall–Kier alpha value is -1.03. The number of rotatable bonds is 3. The van der Waals surface area contributed by atoms with Crippen molar-refractivity contribution >= 4 is 0 Å². The Morgan fingerprint density at radius 2 is 2.00 bits per heavy atom. The maximum Gasteiger partial charge on any atom is 0.215 e.